The topological polar surface area (TPSA) is 141 Å². The molecule has 0 aliphatic rings. The van der Waals surface area contributed by atoms with Crippen LogP contribution in [0.3, 0.4) is 0 Å². The van der Waals surface area contributed by atoms with E-state index in [1.807, 2.05) is 0 Å². The second-order valence-electron chi connectivity index (χ2n) is 7.80. The lowest BCUT2D eigenvalue weighted by molar-refractivity contribution is -0.133. The normalized spacial score (nSPS) is 11.5. The van der Waals surface area contributed by atoms with Crippen LogP contribution >= 0.6 is 0 Å². The summed E-state index contributed by atoms with van der Waals surface area (Å²) in [7, 11) is 0. The zero-order valence-corrected chi connectivity index (χ0v) is 19.5. The van der Waals surface area contributed by atoms with Crippen molar-refractivity contribution in [1.29, 1.82) is 5.41 Å². The molecule has 0 bridgehead atoms. The van der Waals surface area contributed by atoms with Crippen LogP contribution in [0.2, 0.25) is 0 Å². The fourth-order valence-electron chi connectivity index (χ4n) is 3.46. The monoisotopic (exact) mass is 496 g/mol. The summed E-state index contributed by atoms with van der Waals surface area (Å²) < 4.78 is 40.9. The predicted molar refractivity (Wildman–Crippen MR) is 130 cm³/mol. The maximum atomic E-state index is 15.1. The van der Waals surface area contributed by atoms with E-state index >= 15 is 8.78 Å². The number of primary amides is 1. The van der Waals surface area contributed by atoms with Crippen molar-refractivity contribution in [1.82, 2.24) is 5.32 Å². The number of amidine groups is 1. The Morgan fingerprint density at radius 1 is 1.00 bits per heavy atom. The first-order valence-corrected chi connectivity index (χ1v) is 11.0. The Morgan fingerprint density at radius 3 is 2.25 bits per heavy atom. The molecule has 0 fully saturated rings. The Kier molecular flexibility index (Phi) is 8.69. The minimum absolute atomic E-state index is 0.0469. The van der Waals surface area contributed by atoms with E-state index < -0.39 is 35.1 Å². The molecule has 8 nitrogen and oxygen atoms in total. The Morgan fingerprint density at radius 2 is 1.67 bits per heavy atom. The standard InChI is InChI=1S/C26H26F2N4O4/c1-2-35-24(26(34)32-13-15-6-8-16(9-7-15)25(30)31)23-20(27)11-18(12-21(23)28)17-4-3-5-19(10-17)36-14-22(29)33/h3-12,24H,2,13-14H2,1H3,(H2,29,33)(H3,30,31)(H,32,34)/t24-/m0/s1. The van der Waals surface area contributed by atoms with Crippen molar-refractivity contribution in [2.45, 2.75) is 19.6 Å². The van der Waals surface area contributed by atoms with Crippen LogP contribution < -0.4 is 21.5 Å². The number of halogens is 2. The van der Waals surface area contributed by atoms with Crippen LogP contribution in [-0.2, 0) is 20.9 Å². The highest BCUT2D eigenvalue weighted by Gasteiger charge is 2.28. The average Bonchev–Trinajstić information content (AvgIpc) is 2.85. The second-order valence-corrected chi connectivity index (χ2v) is 7.80. The van der Waals surface area contributed by atoms with Crippen molar-refractivity contribution in [2.24, 2.45) is 11.5 Å². The molecule has 1 atom stereocenters. The minimum atomic E-state index is -1.51. The summed E-state index contributed by atoms with van der Waals surface area (Å²) in [6, 6.07) is 15.2. The molecule has 0 unspecified atom stereocenters. The lowest BCUT2D eigenvalue weighted by Crippen LogP contribution is -2.31. The zero-order valence-electron chi connectivity index (χ0n) is 19.5. The molecule has 0 aliphatic heterocycles. The van der Waals surface area contributed by atoms with Gasteiger partial charge in [-0.15, -0.1) is 0 Å². The molecule has 10 heteroatoms. The molecule has 0 aliphatic carbocycles. The number of nitrogens with two attached hydrogens (primary N) is 2. The van der Waals surface area contributed by atoms with Crippen LogP contribution in [0.25, 0.3) is 11.1 Å². The van der Waals surface area contributed by atoms with Crippen LogP contribution in [0.1, 0.15) is 29.7 Å². The highest BCUT2D eigenvalue weighted by molar-refractivity contribution is 5.94. The van der Waals surface area contributed by atoms with E-state index in [4.69, 9.17) is 26.4 Å². The van der Waals surface area contributed by atoms with Crippen molar-refractivity contribution in [2.75, 3.05) is 13.2 Å². The Hall–Kier alpha value is -4.31. The van der Waals surface area contributed by atoms with Gasteiger partial charge in [-0.3, -0.25) is 15.0 Å². The molecule has 0 spiro atoms. The maximum absolute atomic E-state index is 15.1. The predicted octanol–water partition coefficient (Wildman–Crippen LogP) is 3.17. The van der Waals surface area contributed by atoms with Gasteiger partial charge in [-0.2, -0.15) is 0 Å². The lowest BCUT2D eigenvalue weighted by atomic mass is 9.99. The number of hydrogen-bond donors (Lipinski definition) is 4. The van der Waals surface area contributed by atoms with Gasteiger partial charge in [0.25, 0.3) is 11.8 Å². The quantitative estimate of drug-likeness (QED) is 0.238. The molecule has 0 aromatic heterocycles. The lowest BCUT2D eigenvalue weighted by Gasteiger charge is -2.19. The van der Waals surface area contributed by atoms with Crippen molar-refractivity contribution in [3.63, 3.8) is 0 Å². The minimum Gasteiger partial charge on any atom is -0.484 e. The molecule has 0 radical (unpaired) electrons. The zero-order chi connectivity index (χ0) is 26.2. The van der Waals surface area contributed by atoms with E-state index in [-0.39, 0.29) is 31.2 Å². The van der Waals surface area contributed by atoms with Gasteiger partial charge in [0.1, 0.15) is 23.2 Å². The van der Waals surface area contributed by atoms with Gasteiger partial charge in [0.2, 0.25) is 0 Å². The molecular formula is C26H26F2N4O4. The molecule has 0 saturated heterocycles. The van der Waals surface area contributed by atoms with Gasteiger partial charge in [-0.25, -0.2) is 8.78 Å². The first kappa shape index (κ1) is 26.3. The number of amides is 2. The molecule has 2 amide bonds. The molecule has 3 aromatic carbocycles. The highest BCUT2D eigenvalue weighted by Crippen LogP contribution is 2.31. The maximum Gasteiger partial charge on any atom is 0.255 e. The van der Waals surface area contributed by atoms with Gasteiger partial charge < -0.3 is 26.3 Å². The number of carbonyl (C=O) groups is 2. The first-order valence-electron chi connectivity index (χ1n) is 11.0. The summed E-state index contributed by atoms with van der Waals surface area (Å²) in [5.41, 5.74) is 11.9. The Balaban J connectivity index is 1.81. The largest absolute Gasteiger partial charge is 0.484 e. The third-order valence-corrected chi connectivity index (χ3v) is 5.19. The summed E-state index contributed by atoms with van der Waals surface area (Å²) in [5.74, 6) is -3.05. The SMILES string of the molecule is CCO[C@H](C(=O)NCc1ccc(C(=N)N)cc1)c1c(F)cc(-c2cccc(OCC(N)=O)c2)cc1F. The van der Waals surface area contributed by atoms with E-state index in [1.54, 1.807) is 49.4 Å². The first-order chi connectivity index (χ1) is 17.2. The van der Waals surface area contributed by atoms with Crippen molar-refractivity contribution in [3.8, 4) is 16.9 Å². The Labute approximate surface area is 206 Å². The molecule has 36 heavy (non-hydrogen) atoms. The molecule has 0 heterocycles. The van der Waals surface area contributed by atoms with Crippen LogP contribution in [0.4, 0.5) is 8.78 Å². The van der Waals surface area contributed by atoms with E-state index in [0.717, 1.165) is 12.1 Å². The Bertz CT molecular complexity index is 1240. The molecule has 3 aromatic rings. The summed E-state index contributed by atoms with van der Waals surface area (Å²) in [6.07, 6.45) is -1.51. The third kappa shape index (κ3) is 6.63. The van der Waals surface area contributed by atoms with Gasteiger partial charge in [0, 0.05) is 18.7 Å². The number of nitrogens with one attached hydrogen (secondary N) is 2. The molecule has 3 rings (SSSR count). The number of hydrogen-bond acceptors (Lipinski definition) is 5. The van der Waals surface area contributed by atoms with Gasteiger partial charge in [-0.1, -0.05) is 36.4 Å². The summed E-state index contributed by atoms with van der Waals surface area (Å²) in [6.45, 7) is 1.41. The number of carbonyl (C=O) groups excluding carboxylic acids is 2. The van der Waals surface area contributed by atoms with Crippen molar-refractivity contribution in [3.05, 3.63) is 89.0 Å². The smallest absolute Gasteiger partial charge is 0.255 e. The number of nitrogen functional groups attached to an aromatic ring is 1. The fourth-order valence-corrected chi connectivity index (χ4v) is 3.46. The highest BCUT2D eigenvalue weighted by atomic mass is 19.1. The number of ether oxygens (including phenoxy) is 2. The van der Waals surface area contributed by atoms with Gasteiger partial charge >= 0.3 is 0 Å². The molecule has 0 saturated carbocycles. The number of rotatable bonds is 11. The van der Waals surface area contributed by atoms with Crippen LogP contribution in [0.5, 0.6) is 5.75 Å². The van der Waals surface area contributed by atoms with Crippen LogP contribution in [0, 0.1) is 17.0 Å². The van der Waals surface area contributed by atoms with E-state index in [2.05, 4.69) is 5.32 Å². The van der Waals surface area contributed by atoms with E-state index in [0.29, 0.717) is 22.4 Å². The summed E-state index contributed by atoms with van der Waals surface area (Å²) >= 11 is 0. The summed E-state index contributed by atoms with van der Waals surface area (Å²) in [5, 5.41) is 10.1. The van der Waals surface area contributed by atoms with Crippen LogP contribution in [0.15, 0.2) is 60.7 Å². The number of benzene rings is 3. The molecule has 6 N–H and O–H groups in total. The summed E-state index contributed by atoms with van der Waals surface area (Å²) in [4.78, 5) is 23.8. The third-order valence-electron chi connectivity index (χ3n) is 5.19. The van der Waals surface area contributed by atoms with E-state index in [1.165, 1.54) is 6.07 Å². The van der Waals surface area contributed by atoms with E-state index in [9.17, 15) is 9.59 Å². The van der Waals surface area contributed by atoms with Gasteiger partial charge in [0.15, 0.2) is 12.7 Å². The molecular weight excluding hydrogens is 470 g/mol. The van der Waals surface area contributed by atoms with Crippen molar-refractivity contribution >= 4 is 17.6 Å². The molecule has 188 valence electrons. The second kappa shape index (κ2) is 11.9. The van der Waals surface area contributed by atoms with Crippen molar-refractivity contribution < 1.29 is 27.8 Å². The van der Waals surface area contributed by atoms with Gasteiger partial charge in [0.05, 0.1) is 5.56 Å². The fraction of sp³-hybridized carbons (Fsp3) is 0.192. The average molecular weight is 497 g/mol. The van der Waals surface area contributed by atoms with Gasteiger partial charge in [-0.05, 0) is 47.9 Å². The van der Waals surface area contributed by atoms with Crippen LogP contribution in [-0.4, -0.2) is 30.9 Å².